The van der Waals surface area contributed by atoms with Gasteiger partial charge in [-0.2, -0.15) is 5.26 Å². The Morgan fingerprint density at radius 2 is 2.12 bits per heavy atom. The summed E-state index contributed by atoms with van der Waals surface area (Å²) in [7, 11) is 0. The van der Waals surface area contributed by atoms with Crippen molar-refractivity contribution in [2.75, 3.05) is 12.3 Å². The molecule has 1 aromatic carbocycles. The van der Waals surface area contributed by atoms with Crippen molar-refractivity contribution in [3.8, 4) is 11.8 Å². The maximum absolute atomic E-state index is 8.77. The lowest BCUT2D eigenvalue weighted by Gasteiger charge is -2.17. The molecule has 0 amide bonds. The number of benzene rings is 1. The average molecular weight is 230 g/mol. The summed E-state index contributed by atoms with van der Waals surface area (Å²) in [6.45, 7) is 4.62. The highest BCUT2D eigenvalue weighted by Gasteiger charge is 2.43. The standard InChI is InChI=1S/C14H18N2O/c1-10-3-4-12(16)11(2)13(10)17-9-14(5-6-14)7-8-15/h3-4H,5-7,9,16H2,1-2H3. The second kappa shape index (κ2) is 4.29. The fourth-order valence-electron chi connectivity index (χ4n) is 2.01. The molecule has 0 aromatic heterocycles. The van der Waals surface area contributed by atoms with Gasteiger partial charge in [0, 0.05) is 23.1 Å². The zero-order chi connectivity index (χ0) is 12.5. The number of rotatable bonds is 4. The molecule has 0 heterocycles. The van der Waals surface area contributed by atoms with E-state index in [-0.39, 0.29) is 5.41 Å². The van der Waals surface area contributed by atoms with Crippen molar-refractivity contribution in [2.24, 2.45) is 5.41 Å². The molecule has 90 valence electrons. The Morgan fingerprint density at radius 1 is 1.41 bits per heavy atom. The molecule has 17 heavy (non-hydrogen) atoms. The van der Waals surface area contributed by atoms with Crippen LogP contribution in [0, 0.1) is 30.6 Å². The predicted octanol–water partition coefficient (Wildman–Crippen LogP) is 2.96. The van der Waals surface area contributed by atoms with Crippen molar-refractivity contribution in [2.45, 2.75) is 33.1 Å². The van der Waals surface area contributed by atoms with Crippen molar-refractivity contribution < 1.29 is 4.74 Å². The van der Waals surface area contributed by atoms with Gasteiger partial charge in [0.25, 0.3) is 0 Å². The minimum atomic E-state index is 0.109. The average Bonchev–Trinajstić information content (AvgIpc) is 3.05. The predicted molar refractivity (Wildman–Crippen MR) is 67.7 cm³/mol. The van der Waals surface area contributed by atoms with Crippen LogP contribution >= 0.6 is 0 Å². The van der Waals surface area contributed by atoms with Crippen molar-refractivity contribution >= 4 is 5.69 Å². The molecule has 3 heteroatoms. The Balaban J connectivity index is 2.10. The fraction of sp³-hybridized carbons (Fsp3) is 0.500. The number of nitrogens with zero attached hydrogens (tertiary/aromatic N) is 1. The second-order valence-electron chi connectivity index (χ2n) is 5.05. The number of hydrogen-bond donors (Lipinski definition) is 1. The number of hydrogen-bond acceptors (Lipinski definition) is 3. The van der Waals surface area contributed by atoms with Crippen LogP contribution in [0.1, 0.15) is 30.4 Å². The molecule has 3 nitrogen and oxygen atoms in total. The van der Waals surface area contributed by atoms with Crippen LogP contribution in [0.15, 0.2) is 12.1 Å². The summed E-state index contributed by atoms with van der Waals surface area (Å²) in [6, 6.07) is 6.12. The van der Waals surface area contributed by atoms with Crippen molar-refractivity contribution in [3.63, 3.8) is 0 Å². The Morgan fingerprint density at radius 3 is 2.71 bits per heavy atom. The van der Waals surface area contributed by atoms with E-state index >= 15 is 0 Å². The number of nitrogen functional groups attached to an aromatic ring is 1. The molecule has 0 aliphatic heterocycles. The van der Waals surface area contributed by atoms with E-state index in [2.05, 4.69) is 6.07 Å². The quantitative estimate of drug-likeness (QED) is 0.809. The van der Waals surface area contributed by atoms with Gasteiger partial charge in [0.15, 0.2) is 0 Å². The van der Waals surface area contributed by atoms with Crippen LogP contribution in [0.25, 0.3) is 0 Å². The summed E-state index contributed by atoms with van der Waals surface area (Å²) >= 11 is 0. The molecule has 2 N–H and O–H groups in total. The Bertz CT molecular complexity index is 470. The molecule has 0 radical (unpaired) electrons. The van der Waals surface area contributed by atoms with Crippen LogP contribution in [0.3, 0.4) is 0 Å². The first kappa shape index (κ1) is 11.8. The maximum atomic E-state index is 8.77. The number of aryl methyl sites for hydroxylation is 1. The molecule has 0 unspecified atom stereocenters. The molecular weight excluding hydrogens is 212 g/mol. The number of nitrogens with two attached hydrogens (primary N) is 1. The van der Waals surface area contributed by atoms with E-state index in [0.29, 0.717) is 13.0 Å². The molecule has 1 aliphatic carbocycles. The van der Waals surface area contributed by atoms with Gasteiger partial charge in [-0.15, -0.1) is 0 Å². The Kier molecular flexibility index (Phi) is 2.97. The van der Waals surface area contributed by atoms with Gasteiger partial charge in [-0.1, -0.05) is 6.07 Å². The van der Waals surface area contributed by atoms with E-state index in [1.54, 1.807) is 0 Å². The SMILES string of the molecule is Cc1ccc(N)c(C)c1OCC1(CC#N)CC1. The van der Waals surface area contributed by atoms with Crippen molar-refractivity contribution in [1.29, 1.82) is 5.26 Å². The van der Waals surface area contributed by atoms with Gasteiger partial charge in [0.05, 0.1) is 12.7 Å². The number of ether oxygens (including phenoxy) is 1. The molecule has 1 aliphatic rings. The van der Waals surface area contributed by atoms with Crippen LogP contribution in [-0.4, -0.2) is 6.61 Å². The van der Waals surface area contributed by atoms with E-state index in [1.807, 2.05) is 26.0 Å². The Labute approximate surface area is 102 Å². The van der Waals surface area contributed by atoms with Crippen molar-refractivity contribution in [1.82, 2.24) is 0 Å². The lowest BCUT2D eigenvalue weighted by Crippen LogP contribution is -2.13. The van der Waals surface area contributed by atoms with Gasteiger partial charge in [0.1, 0.15) is 5.75 Å². The van der Waals surface area contributed by atoms with Crippen LogP contribution in [0.2, 0.25) is 0 Å². The summed E-state index contributed by atoms with van der Waals surface area (Å²) in [6.07, 6.45) is 2.79. The molecule has 1 saturated carbocycles. The lowest BCUT2D eigenvalue weighted by molar-refractivity contribution is 0.234. The van der Waals surface area contributed by atoms with Gasteiger partial charge in [-0.25, -0.2) is 0 Å². The van der Waals surface area contributed by atoms with Crippen LogP contribution in [0.5, 0.6) is 5.75 Å². The van der Waals surface area contributed by atoms with Gasteiger partial charge in [-0.3, -0.25) is 0 Å². The highest BCUT2D eigenvalue weighted by atomic mass is 16.5. The van der Waals surface area contributed by atoms with Crippen molar-refractivity contribution in [3.05, 3.63) is 23.3 Å². The zero-order valence-corrected chi connectivity index (χ0v) is 10.4. The molecule has 0 atom stereocenters. The van der Waals surface area contributed by atoms with E-state index in [0.717, 1.165) is 35.4 Å². The summed E-state index contributed by atoms with van der Waals surface area (Å²) in [5, 5.41) is 8.77. The first-order valence-corrected chi connectivity index (χ1v) is 5.93. The largest absolute Gasteiger partial charge is 0.492 e. The topological polar surface area (TPSA) is 59.0 Å². The summed E-state index contributed by atoms with van der Waals surface area (Å²) in [5.74, 6) is 0.884. The van der Waals surface area contributed by atoms with E-state index in [4.69, 9.17) is 15.7 Å². The normalized spacial score (nSPS) is 16.3. The van der Waals surface area contributed by atoms with Gasteiger partial charge in [-0.05, 0) is 38.3 Å². The zero-order valence-electron chi connectivity index (χ0n) is 10.4. The van der Waals surface area contributed by atoms with Crippen LogP contribution in [-0.2, 0) is 0 Å². The van der Waals surface area contributed by atoms with Gasteiger partial charge >= 0.3 is 0 Å². The van der Waals surface area contributed by atoms with Crippen LogP contribution < -0.4 is 10.5 Å². The summed E-state index contributed by atoms with van der Waals surface area (Å²) in [4.78, 5) is 0. The second-order valence-corrected chi connectivity index (χ2v) is 5.05. The monoisotopic (exact) mass is 230 g/mol. The number of anilines is 1. The smallest absolute Gasteiger partial charge is 0.127 e. The highest BCUT2D eigenvalue weighted by molar-refractivity contribution is 5.56. The third-order valence-corrected chi connectivity index (χ3v) is 3.58. The van der Waals surface area contributed by atoms with E-state index in [1.165, 1.54) is 0 Å². The molecular formula is C14H18N2O. The molecule has 1 aromatic rings. The summed E-state index contributed by atoms with van der Waals surface area (Å²) in [5.41, 5.74) is 8.84. The maximum Gasteiger partial charge on any atom is 0.127 e. The molecule has 1 fully saturated rings. The molecule has 2 rings (SSSR count). The minimum Gasteiger partial charge on any atom is -0.492 e. The third-order valence-electron chi connectivity index (χ3n) is 3.58. The Hall–Kier alpha value is -1.69. The van der Waals surface area contributed by atoms with Gasteiger partial charge < -0.3 is 10.5 Å². The first-order chi connectivity index (χ1) is 8.08. The summed E-state index contributed by atoms with van der Waals surface area (Å²) < 4.78 is 5.90. The van der Waals surface area contributed by atoms with E-state index in [9.17, 15) is 0 Å². The number of nitriles is 1. The molecule has 0 bridgehead atoms. The highest BCUT2D eigenvalue weighted by Crippen LogP contribution is 2.49. The fourth-order valence-corrected chi connectivity index (χ4v) is 2.01. The minimum absolute atomic E-state index is 0.109. The lowest BCUT2D eigenvalue weighted by atomic mass is 10.0. The third kappa shape index (κ3) is 2.36. The molecule has 0 saturated heterocycles. The van der Waals surface area contributed by atoms with Crippen LogP contribution in [0.4, 0.5) is 5.69 Å². The van der Waals surface area contributed by atoms with Gasteiger partial charge in [0.2, 0.25) is 0 Å². The first-order valence-electron chi connectivity index (χ1n) is 5.93. The molecule has 0 spiro atoms. The van der Waals surface area contributed by atoms with E-state index < -0.39 is 0 Å².